The second-order valence-electron chi connectivity index (χ2n) is 3.81. The summed E-state index contributed by atoms with van der Waals surface area (Å²) in [4.78, 5) is 13.2. The Bertz CT molecular complexity index is 424. The monoisotopic (exact) mass is 289 g/mol. The Morgan fingerprint density at radius 3 is 2.75 bits per heavy atom. The van der Waals surface area contributed by atoms with Crippen LogP contribution in [0.25, 0.3) is 0 Å². The van der Waals surface area contributed by atoms with Gasteiger partial charge in [0.2, 0.25) is 5.91 Å². The molecule has 86 valence electrons. The summed E-state index contributed by atoms with van der Waals surface area (Å²) in [5.74, 6) is -1.22. The molecule has 1 unspecified atom stereocenters. The minimum Gasteiger partial charge on any atom is -0.337 e. The molecule has 5 heteroatoms. The van der Waals surface area contributed by atoms with Crippen LogP contribution in [0.1, 0.15) is 12.0 Å². The van der Waals surface area contributed by atoms with Gasteiger partial charge in [-0.15, -0.1) is 0 Å². The lowest BCUT2D eigenvalue weighted by Crippen LogP contribution is -2.25. The van der Waals surface area contributed by atoms with E-state index in [2.05, 4.69) is 15.9 Å². The molecular formula is C11H10BrF2NO. The van der Waals surface area contributed by atoms with Crippen LogP contribution in [0.2, 0.25) is 0 Å². The molecule has 1 heterocycles. The number of likely N-dealkylation sites (tertiary alicyclic amines) is 1. The summed E-state index contributed by atoms with van der Waals surface area (Å²) < 4.78 is 26.0. The molecule has 1 amide bonds. The number of benzene rings is 1. The van der Waals surface area contributed by atoms with E-state index in [1.165, 1.54) is 12.1 Å². The van der Waals surface area contributed by atoms with E-state index >= 15 is 0 Å². The van der Waals surface area contributed by atoms with Crippen molar-refractivity contribution in [3.8, 4) is 0 Å². The molecule has 1 atom stereocenters. The van der Waals surface area contributed by atoms with E-state index < -0.39 is 11.6 Å². The van der Waals surface area contributed by atoms with Crippen molar-refractivity contribution < 1.29 is 13.6 Å². The Morgan fingerprint density at radius 2 is 2.19 bits per heavy atom. The van der Waals surface area contributed by atoms with Gasteiger partial charge in [0.1, 0.15) is 11.6 Å². The van der Waals surface area contributed by atoms with Crippen molar-refractivity contribution in [2.45, 2.75) is 17.8 Å². The SMILES string of the molecule is O=C1CC(Br)CN1Cc1ccc(F)cc1F. The van der Waals surface area contributed by atoms with Crippen molar-refractivity contribution in [2.75, 3.05) is 6.54 Å². The molecule has 1 saturated heterocycles. The fourth-order valence-electron chi connectivity index (χ4n) is 1.73. The van der Waals surface area contributed by atoms with Gasteiger partial charge in [-0.2, -0.15) is 0 Å². The molecule has 16 heavy (non-hydrogen) atoms. The first-order chi connectivity index (χ1) is 7.56. The molecule has 1 fully saturated rings. The third kappa shape index (κ3) is 2.40. The molecule has 0 saturated carbocycles. The highest BCUT2D eigenvalue weighted by molar-refractivity contribution is 9.09. The highest BCUT2D eigenvalue weighted by Gasteiger charge is 2.28. The zero-order valence-corrected chi connectivity index (χ0v) is 10.0. The van der Waals surface area contributed by atoms with Crippen LogP contribution in [0.3, 0.4) is 0 Å². The summed E-state index contributed by atoms with van der Waals surface area (Å²) in [6.45, 7) is 0.767. The Labute approximate surface area is 100 Å². The second-order valence-corrected chi connectivity index (χ2v) is 5.11. The zero-order chi connectivity index (χ0) is 11.7. The molecule has 0 bridgehead atoms. The molecular weight excluding hydrogens is 280 g/mol. The Hall–Kier alpha value is -0.970. The van der Waals surface area contributed by atoms with Crippen molar-refractivity contribution in [2.24, 2.45) is 0 Å². The normalized spacial score (nSPS) is 20.6. The average molecular weight is 290 g/mol. The minimum atomic E-state index is -0.606. The maximum atomic E-state index is 13.3. The van der Waals surface area contributed by atoms with Crippen LogP contribution in [0.5, 0.6) is 0 Å². The lowest BCUT2D eigenvalue weighted by Gasteiger charge is -2.16. The summed E-state index contributed by atoms with van der Waals surface area (Å²) in [5.41, 5.74) is 0.344. The Balaban J connectivity index is 2.12. The number of hydrogen-bond acceptors (Lipinski definition) is 1. The van der Waals surface area contributed by atoms with Crippen LogP contribution in [0.15, 0.2) is 18.2 Å². The zero-order valence-electron chi connectivity index (χ0n) is 8.42. The highest BCUT2D eigenvalue weighted by atomic mass is 79.9. The van der Waals surface area contributed by atoms with Gasteiger partial charge in [0.25, 0.3) is 0 Å². The van der Waals surface area contributed by atoms with Gasteiger partial charge in [-0.3, -0.25) is 4.79 Å². The fourth-order valence-corrected chi connectivity index (χ4v) is 2.36. The molecule has 0 spiro atoms. The van der Waals surface area contributed by atoms with Gasteiger partial charge in [0.15, 0.2) is 0 Å². The van der Waals surface area contributed by atoms with E-state index in [0.717, 1.165) is 6.07 Å². The summed E-state index contributed by atoms with van der Waals surface area (Å²) in [6, 6.07) is 3.41. The molecule has 2 rings (SSSR count). The summed E-state index contributed by atoms with van der Waals surface area (Å²) >= 11 is 3.35. The molecule has 0 N–H and O–H groups in total. The van der Waals surface area contributed by atoms with Crippen molar-refractivity contribution in [1.29, 1.82) is 0 Å². The smallest absolute Gasteiger partial charge is 0.224 e. The van der Waals surface area contributed by atoms with Crippen molar-refractivity contribution in [3.63, 3.8) is 0 Å². The first-order valence-corrected chi connectivity index (χ1v) is 5.83. The standard InChI is InChI=1S/C11H10BrF2NO/c12-8-3-11(16)15(6-8)5-7-1-2-9(13)4-10(7)14/h1-2,4,8H,3,5-6H2. The molecule has 1 aromatic rings. The third-order valence-corrected chi connectivity index (χ3v) is 3.16. The van der Waals surface area contributed by atoms with Gasteiger partial charge in [-0.1, -0.05) is 22.0 Å². The Morgan fingerprint density at radius 1 is 1.44 bits per heavy atom. The largest absolute Gasteiger partial charge is 0.337 e. The van der Waals surface area contributed by atoms with Crippen LogP contribution in [0, 0.1) is 11.6 Å². The van der Waals surface area contributed by atoms with E-state index in [4.69, 9.17) is 0 Å². The van der Waals surface area contributed by atoms with E-state index in [1.54, 1.807) is 4.90 Å². The highest BCUT2D eigenvalue weighted by Crippen LogP contribution is 2.21. The van der Waals surface area contributed by atoms with Crippen LogP contribution < -0.4 is 0 Å². The summed E-state index contributed by atoms with van der Waals surface area (Å²) in [7, 11) is 0. The minimum absolute atomic E-state index is 0.00870. The van der Waals surface area contributed by atoms with Crippen molar-refractivity contribution in [3.05, 3.63) is 35.4 Å². The number of amides is 1. The number of carbonyl (C=O) groups is 1. The van der Waals surface area contributed by atoms with E-state index in [9.17, 15) is 13.6 Å². The number of alkyl halides is 1. The maximum Gasteiger partial charge on any atom is 0.224 e. The lowest BCUT2D eigenvalue weighted by molar-refractivity contribution is -0.128. The first-order valence-electron chi connectivity index (χ1n) is 4.92. The predicted octanol–water partition coefficient (Wildman–Crippen LogP) is 2.46. The van der Waals surface area contributed by atoms with Crippen LogP contribution in [0.4, 0.5) is 8.78 Å². The van der Waals surface area contributed by atoms with Gasteiger partial charge in [0, 0.05) is 36.0 Å². The Kier molecular flexibility index (Phi) is 3.23. The molecule has 1 aliphatic rings. The predicted molar refractivity (Wildman–Crippen MR) is 59.1 cm³/mol. The lowest BCUT2D eigenvalue weighted by atomic mass is 10.2. The van der Waals surface area contributed by atoms with Crippen molar-refractivity contribution >= 4 is 21.8 Å². The van der Waals surface area contributed by atoms with Gasteiger partial charge in [-0.05, 0) is 6.07 Å². The number of halogens is 3. The number of hydrogen-bond donors (Lipinski definition) is 0. The quantitative estimate of drug-likeness (QED) is 0.766. The molecule has 0 aromatic heterocycles. The fraction of sp³-hybridized carbons (Fsp3) is 0.364. The molecule has 2 nitrogen and oxygen atoms in total. The number of rotatable bonds is 2. The van der Waals surface area contributed by atoms with Crippen LogP contribution in [-0.2, 0) is 11.3 Å². The average Bonchev–Trinajstić information content (AvgIpc) is 2.50. The third-order valence-electron chi connectivity index (χ3n) is 2.54. The van der Waals surface area contributed by atoms with Gasteiger partial charge in [0.05, 0.1) is 0 Å². The van der Waals surface area contributed by atoms with Crippen LogP contribution in [-0.4, -0.2) is 22.2 Å². The van der Waals surface area contributed by atoms with E-state index in [0.29, 0.717) is 18.5 Å². The first kappa shape index (κ1) is 11.5. The maximum absolute atomic E-state index is 13.3. The molecule has 0 aliphatic carbocycles. The van der Waals surface area contributed by atoms with Gasteiger partial charge in [-0.25, -0.2) is 8.78 Å². The number of nitrogens with zero attached hydrogens (tertiary/aromatic N) is 1. The second kappa shape index (κ2) is 4.49. The van der Waals surface area contributed by atoms with Gasteiger partial charge >= 0.3 is 0 Å². The van der Waals surface area contributed by atoms with Crippen molar-refractivity contribution in [1.82, 2.24) is 4.90 Å². The summed E-state index contributed by atoms with van der Waals surface area (Å²) in [5, 5.41) is 0. The van der Waals surface area contributed by atoms with Crippen LogP contribution >= 0.6 is 15.9 Å². The number of carbonyl (C=O) groups excluding carboxylic acids is 1. The van der Waals surface area contributed by atoms with E-state index in [-0.39, 0.29) is 17.3 Å². The van der Waals surface area contributed by atoms with E-state index in [1.807, 2.05) is 0 Å². The molecule has 1 aliphatic heterocycles. The topological polar surface area (TPSA) is 20.3 Å². The van der Waals surface area contributed by atoms with Gasteiger partial charge < -0.3 is 4.90 Å². The molecule has 0 radical (unpaired) electrons. The summed E-state index contributed by atoms with van der Waals surface area (Å²) in [6.07, 6.45) is 0.433. The molecule has 1 aromatic carbocycles.